The maximum Gasteiger partial charge on any atom is 0.313 e. The van der Waals surface area contributed by atoms with Crippen molar-refractivity contribution >= 4 is 35.3 Å². The molecule has 3 amide bonds. The summed E-state index contributed by atoms with van der Waals surface area (Å²) in [4.78, 5) is 56.1. The van der Waals surface area contributed by atoms with Gasteiger partial charge in [0.05, 0.1) is 11.3 Å². The number of benzene rings is 1. The minimum absolute atomic E-state index is 0.0777. The number of carbonyl (C=O) groups is 4. The lowest BCUT2D eigenvalue weighted by Crippen LogP contribution is -2.40. The number of hydrogen-bond acceptors (Lipinski definition) is 6. The van der Waals surface area contributed by atoms with Gasteiger partial charge in [-0.1, -0.05) is 6.07 Å². The maximum absolute atomic E-state index is 12.2. The summed E-state index contributed by atoms with van der Waals surface area (Å²) in [6, 6.07) is 14.8. The molecular formula is C24H21N5O4. The van der Waals surface area contributed by atoms with E-state index in [1.165, 1.54) is 24.4 Å². The number of aromatic nitrogens is 2. The van der Waals surface area contributed by atoms with Crippen LogP contribution >= 0.6 is 0 Å². The molecule has 0 aliphatic heterocycles. The van der Waals surface area contributed by atoms with Crippen molar-refractivity contribution in [3.63, 3.8) is 0 Å². The normalized spacial score (nSPS) is 10.4. The molecule has 0 fully saturated rings. The number of rotatable bonds is 8. The molecule has 166 valence electrons. The van der Waals surface area contributed by atoms with Gasteiger partial charge in [0.1, 0.15) is 0 Å². The van der Waals surface area contributed by atoms with E-state index in [2.05, 4.69) is 25.9 Å². The van der Waals surface area contributed by atoms with Gasteiger partial charge in [0.25, 0.3) is 5.91 Å². The zero-order valence-corrected chi connectivity index (χ0v) is 17.5. The van der Waals surface area contributed by atoms with E-state index in [1.807, 2.05) is 6.07 Å². The van der Waals surface area contributed by atoms with Crippen molar-refractivity contribution in [3.05, 3.63) is 96.1 Å². The van der Waals surface area contributed by atoms with Crippen LogP contribution in [-0.4, -0.2) is 46.6 Å². The summed E-state index contributed by atoms with van der Waals surface area (Å²) in [7, 11) is 0. The van der Waals surface area contributed by atoms with Crippen LogP contribution in [0.25, 0.3) is 6.08 Å². The van der Waals surface area contributed by atoms with Gasteiger partial charge in [-0.15, -0.1) is 0 Å². The van der Waals surface area contributed by atoms with Gasteiger partial charge >= 0.3 is 11.8 Å². The van der Waals surface area contributed by atoms with E-state index >= 15 is 0 Å². The molecule has 33 heavy (non-hydrogen) atoms. The molecule has 9 heteroatoms. The number of pyridine rings is 2. The number of nitrogens with zero attached hydrogens (tertiary/aromatic N) is 2. The first-order valence-electron chi connectivity index (χ1n) is 10.0. The van der Waals surface area contributed by atoms with Crippen LogP contribution in [0.15, 0.2) is 79.3 Å². The molecule has 0 radical (unpaired) electrons. The molecule has 2 aromatic heterocycles. The Kier molecular flexibility index (Phi) is 8.13. The monoisotopic (exact) mass is 443 g/mol. The highest BCUT2D eigenvalue weighted by molar-refractivity contribution is 6.39. The van der Waals surface area contributed by atoms with Gasteiger partial charge in [0, 0.05) is 42.9 Å². The molecule has 0 aliphatic carbocycles. The van der Waals surface area contributed by atoms with E-state index in [9.17, 15) is 19.2 Å². The van der Waals surface area contributed by atoms with Gasteiger partial charge in [0.2, 0.25) is 0 Å². The van der Waals surface area contributed by atoms with Crippen LogP contribution in [-0.2, 0) is 9.59 Å². The molecule has 1 aromatic carbocycles. The molecule has 0 saturated heterocycles. The molecule has 3 aromatic rings. The Bertz CT molecular complexity index is 1150. The summed E-state index contributed by atoms with van der Waals surface area (Å²) in [6.07, 6.45) is 7.65. The summed E-state index contributed by atoms with van der Waals surface area (Å²) >= 11 is 0. The minimum Gasteiger partial charge on any atom is -0.350 e. The van der Waals surface area contributed by atoms with Crippen molar-refractivity contribution in [3.8, 4) is 0 Å². The highest BCUT2D eigenvalue weighted by Crippen LogP contribution is 2.11. The molecular weight excluding hydrogens is 422 g/mol. The fourth-order valence-corrected chi connectivity index (χ4v) is 2.67. The number of ketones is 1. The van der Waals surface area contributed by atoms with Crippen LogP contribution in [0.1, 0.15) is 26.4 Å². The summed E-state index contributed by atoms with van der Waals surface area (Å²) in [5, 5.41) is 7.49. The van der Waals surface area contributed by atoms with Crippen molar-refractivity contribution in [2.45, 2.75) is 0 Å². The number of hydrogen-bond donors (Lipinski definition) is 3. The summed E-state index contributed by atoms with van der Waals surface area (Å²) < 4.78 is 0. The number of anilines is 1. The van der Waals surface area contributed by atoms with Gasteiger partial charge < -0.3 is 16.0 Å². The fourth-order valence-electron chi connectivity index (χ4n) is 2.67. The third kappa shape index (κ3) is 7.21. The second kappa shape index (κ2) is 11.7. The lowest BCUT2D eigenvalue weighted by atomic mass is 10.1. The van der Waals surface area contributed by atoms with Crippen molar-refractivity contribution in [1.29, 1.82) is 0 Å². The van der Waals surface area contributed by atoms with Crippen LogP contribution < -0.4 is 16.0 Å². The highest BCUT2D eigenvalue weighted by atomic mass is 16.2. The quantitative estimate of drug-likeness (QED) is 0.211. The highest BCUT2D eigenvalue weighted by Gasteiger charge is 2.13. The van der Waals surface area contributed by atoms with Gasteiger partial charge in [-0.25, -0.2) is 0 Å². The van der Waals surface area contributed by atoms with Gasteiger partial charge in [-0.05, 0) is 60.7 Å². The average Bonchev–Trinajstić information content (AvgIpc) is 2.86. The maximum atomic E-state index is 12.2. The van der Waals surface area contributed by atoms with E-state index < -0.39 is 11.8 Å². The van der Waals surface area contributed by atoms with Crippen molar-refractivity contribution in [2.24, 2.45) is 0 Å². The first-order chi connectivity index (χ1) is 16.0. The van der Waals surface area contributed by atoms with Crippen LogP contribution in [0.2, 0.25) is 0 Å². The Balaban J connectivity index is 1.42. The summed E-state index contributed by atoms with van der Waals surface area (Å²) in [5.74, 6) is -2.25. The number of carbonyl (C=O) groups excluding carboxylic acids is 4. The zero-order valence-electron chi connectivity index (χ0n) is 17.5. The second-order valence-electron chi connectivity index (χ2n) is 6.74. The van der Waals surface area contributed by atoms with E-state index in [4.69, 9.17) is 0 Å². The Hall–Kier alpha value is -4.66. The summed E-state index contributed by atoms with van der Waals surface area (Å²) in [5.41, 5.74) is 1.85. The van der Waals surface area contributed by atoms with Crippen molar-refractivity contribution < 1.29 is 19.2 Å². The fraction of sp³-hybridized carbons (Fsp3) is 0.0833. The van der Waals surface area contributed by atoms with Crippen LogP contribution in [0.4, 0.5) is 5.69 Å². The van der Waals surface area contributed by atoms with Gasteiger partial charge in [-0.2, -0.15) is 0 Å². The van der Waals surface area contributed by atoms with E-state index in [1.54, 1.807) is 54.9 Å². The summed E-state index contributed by atoms with van der Waals surface area (Å²) in [6.45, 7) is 0.226. The topological polar surface area (TPSA) is 130 Å². The predicted molar refractivity (Wildman–Crippen MR) is 122 cm³/mol. The second-order valence-corrected chi connectivity index (χ2v) is 6.74. The Labute approximate surface area is 190 Å². The Morgan fingerprint density at radius 2 is 1.58 bits per heavy atom. The lowest BCUT2D eigenvalue weighted by Gasteiger charge is -2.08. The number of amides is 3. The lowest BCUT2D eigenvalue weighted by molar-refractivity contribution is -0.136. The Morgan fingerprint density at radius 3 is 2.27 bits per heavy atom. The zero-order chi connectivity index (χ0) is 23.5. The van der Waals surface area contributed by atoms with Gasteiger partial charge in [0.15, 0.2) is 5.78 Å². The Morgan fingerprint density at radius 1 is 0.788 bits per heavy atom. The molecule has 2 heterocycles. The predicted octanol–water partition coefficient (Wildman–Crippen LogP) is 1.86. The smallest absolute Gasteiger partial charge is 0.313 e. The molecule has 0 saturated carbocycles. The van der Waals surface area contributed by atoms with Crippen LogP contribution in [0.3, 0.4) is 0 Å². The third-order valence-electron chi connectivity index (χ3n) is 4.35. The molecule has 0 atom stereocenters. The SMILES string of the molecule is O=C(NCCNC(=O)c1cccnc1)C(=O)Nc1ccc(C(=O)/C=C/c2ccccn2)cc1. The first-order valence-corrected chi connectivity index (χ1v) is 10.0. The molecule has 0 unspecified atom stereocenters. The van der Waals surface area contributed by atoms with E-state index in [0.29, 0.717) is 22.5 Å². The third-order valence-corrected chi connectivity index (χ3v) is 4.35. The minimum atomic E-state index is -0.859. The number of allylic oxidation sites excluding steroid dienone is 1. The number of nitrogens with one attached hydrogen (secondary N) is 3. The van der Waals surface area contributed by atoms with E-state index in [-0.39, 0.29) is 24.8 Å². The first kappa shape index (κ1) is 23.0. The molecule has 0 spiro atoms. The van der Waals surface area contributed by atoms with E-state index in [0.717, 1.165) is 0 Å². The molecule has 0 bridgehead atoms. The average molecular weight is 443 g/mol. The van der Waals surface area contributed by atoms with Crippen LogP contribution in [0, 0.1) is 0 Å². The molecule has 9 nitrogen and oxygen atoms in total. The van der Waals surface area contributed by atoms with Gasteiger partial charge in [-0.3, -0.25) is 29.1 Å². The largest absolute Gasteiger partial charge is 0.350 e. The molecule has 3 rings (SSSR count). The molecule has 3 N–H and O–H groups in total. The van der Waals surface area contributed by atoms with Crippen LogP contribution in [0.5, 0.6) is 0 Å². The van der Waals surface area contributed by atoms with Crippen molar-refractivity contribution in [2.75, 3.05) is 18.4 Å². The molecule has 0 aliphatic rings. The van der Waals surface area contributed by atoms with Crippen molar-refractivity contribution in [1.82, 2.24) is 20.6 Å². The standard InChI is InChI=1S/C24H21N5O4/c30-21(11-10-19-5-1-2-13-26-19)17-6-8-20(9-7-17)29-24(33)23(32)28-15-14-27-22(31)18-4-3-12-25-16-18/h1-13,16H,14-15H2,(H,27,31)(H,28,32)(H,29,33)/b11-10+.